The molecule has 10 nitrogen and oxygen atoms in total. The molecule has 28 heavy (non-hydrogen) atoms. The van der Waals surface area contributed by atoms with Crippen LogP contribution in [0.5, 0.6) is 0 Å². The lowest BCUT2D eigenvalue weighted by molar-refractivity contribution is -0.130. The quantitative estimate of drug-likeness (QED) is 0.395. The Labute approximate surface area is 165 Å². The molecular formula is C18H32N4O6. The third-order valence-corrected chi connectivity index (χ3v) is 4.35. The molecule has 2 unspecified atom stereocenters. The number of hydrogen-bond donors (Lipinski definition) is 4. The predicted molar refractivity (Wildman–Crippen MR) is 102 cm³/mol. The largest absolute Gasteiger partial charge is 0.450 e. The van der Waals surface area contributed by atoms with Gasteiger partial charge < -0.3 is 30.7 Å². The summed E-state index contributed by atoms with van der Waals surface area (Å²) in [6.07, 6.45) is 1.76. The van der Waals surface area contributed by atoms with E-state index in [1.54, 1.807) is 13.8 Å². The Bertz CT molecular complexity index is 484. The summed E-state index contributed by atoms with van der Waals surface area (Å²) in [6, 6.07) is 0. The predicted octanol–water partition coefficient (Wildman–Crippen LogP) is 0.517. The van der Waals surface area contributed by atoms with E-state index in [-0.39, 0.29) is 36.7 Å². The second-order valence-corrected chi connectivity index (χ2v) is 6.44. The van der Waals surface area contributed by atoms with Gasteiger partial charge >= 0.3 is 12.2 Å². The molecule has 2 atom stereocenters. The summed E-state index contributed by atoms with van der Waals surface area (Å²) in [5, 5.41) is 10.6. The van der Waals surface area contributed by atoms with E-state index in [2.05, 4.69) is 21.3 Å². The monoisotopic (exact) mass is 400 g/mol. The minimum Gasteiger partial charge on any atom is -0.450 e. The van der Waals surface area contributed by atoms with Crippen LogP contribution in [0.3, 0.4) is 0 Å². The molecule has 160 valence electrons. The van der Waals surface area contributed by atoms with E-state index in [0.717, 1.165) is 19.3 Å². The van der Waals surface area contributed by atoms with Gasteiger partial charge in [0.05, 0.1) is 13.2 Å². The fraction of sp³-hybridized carbons (Fsp3) is 0.778. The van der Waals surface area contributed by atoms with Crippen molar-refractivity contribution < 1.29 is 28.7 Å². The summed E-state index contributed by atoms with van der Waals surface area (Å²) in [6.45, 7) is 5.21. The maximum absolute atomic E-state index is 12.3. The summed E-state index contributed by atoms with van der Waals surface area (Å²) < 4.78 is 9.47. The SMILES string of the molecule is CCOC(=O)NCCNC(=O)C1CCCC(C(=O)NCCNC(=O)OCC)C1. The van der Waals surface area contributed by atoms with Gasteiger partial charge in [-0.3, -0.25) is 9.59 Å². The van der Waals surface area contributed by atoms with Gasteiger partial charge in [0.15, 0.2) is 0 Å². The van der Waals surface area contributed by atoms with Crippen LogP contribution >= 0.6 is 0 Å². The van der Waals surface area contributed by atoms with Crippen LogP contribution in [0.4, 0.5) is 9.59 Å². The number of carbonyl (C=O) groups is 4. The second kappa shape index (κ2) is 13.6. The van der Waals surface area contributed by atoms with E-state index in [1.165, 1.54) is 0 Å². The highest BCUT2D eigenvalue weighted by atomic mass is 16.6. The van der Waals surface area contributed by atoms with Crippen molar-refractivity contribution in [2.75, 3.05) is 39.4 Å². The smallest absolute Gasteiger partial charge is 0.407 e. The van der Waals surface area contributed by atoms with Gasteiger partial charge in [0.1, 0.15) is 0 Å². The number of carbonyl (C=O) groups excluding carboxylic acids is 4. The van der Waals surface area contributed by atoms with Gasteiger partial charge in [-0.1, -0.05) is 6.42 Å². The average Bonchev–Trinajstić information content (AvgIpc) is 2.68. The lowest BCUT2D eigenvalue weighted by Gasteiger charge is -2.27. The van der Waals surface area contributed by atoms with Gasteiger partial charge in [-0.05, 0) is 33.1 Å². The fourth-order valence-corrected chi connectivity index (χ4v) is 3.02. The van der Waals surface area contributed by atoms with Crippen molar-refractivity contribution in [2.24, 2.45) is 11.8 Å². The van der Waals surface area contributed by atoms with E-state index < -0.39 is 12.2 Å². The Morgan fingerprint density at radius 1 is 0.714 bits per heavy atom. The minimum atomic E-state index is -0.511. The maximum Gasteiger partial charge on any atom is 0.407 e. The third kappa shape index (κ3) is 9.43. The molecule has 1 fully saturated rings. The Morgan fingerprint density at radius 3 is 1.50 bits per heavy atom. The molecule has 1 aliphatic rings. The molecule has 1 rings (SSSR count). The number of ether oxygens (including phenoxy) is 2. The molecule has 0 spiro atoms. The highest BCUT2D eigenvalue weighted by molar-refractivity contribution is 5.82. The first-order chi connectivity index (χ1) is 13.5. The van der Waals surface area contributed by atoms with Crippen molar-refractivity contribution in [1.82, 2.24) is 21.3 Å². The van der Waals surface area contributed by atoms with Crippen LogP contribution in [-0.4, -0.2) is 63.4 Å². The molecule has 0 aromatic heterocycles. The minimum absolute atomic E-state index is 0.105. The molecule has 0 aromatic rings. The molecule has 0 heterocycles. The lowest BCUT2D eigenvalue weighted by atomic mass is 9.80. The van der Waals surface area contributed by atoms with Gasteiger partial charge in [0.25, 0.3) is 0 Å². The number of rotatable bonds is 10. The molecule has 4 amide bonds. The highest BCUT2D eigenvalue weighted by Crippen LogP contribution is 2.29. The maximum atomic E-state index is 12.3. The lowest BCUT2D eigenvalue weighted by Crippen LogP contribution is -2.42. The summed E-state index contributed by atoms with van der Waals surface area (Å²) in [5.74, 6) is -0.645. The van der Waals surface area contributed by atoms with Crippen LogP contribution in [0.25, 0.3) is 0 Å². The molecule has 0 aromatic carbocycles. The van der Waals surface area contributed by atoms with Crippen LogP contribution in [0.2, 0.25) is 0 Å². The van der Waals surface area contributed by atoms with E-state index in [1.807, 2.05) is 0 Å². The zero-order valence-electron chi connectivity index (χ0n) is 16.7. The summed E-state index contributed by atoms with van der Waals surface area (Å²) in [7, 11) is 0. The highest BCUT2D eigenvalue weighted by Gasteiger charge is 2.30. The fourth-order valence-electron chi connectivity index (χ4n) is 3.02. The Morgan fingerprint density at radius 2 is 1.11 bits per heavy atom. The Balaban J connectivity index is 2.24. The van der Waals surface area contributed by atoms with E-state index in [4.69, 9.17) is 9.47 Å². The Hall–Kier alpha value is -2.52. The van der Waals surface area contributed by atoms with Gasteiger partial charge in [0.2, 0.25) is 11.8 Å². The first-order valence-electron chi connectivity index (χ1n) is 9.84. The molecular weight excluding hydrogens is 368 g/mol. The zero-order valence-corrected chi connectivity index (χ0v) is 16.7. The summed E-state index contributed by atoms with van der Waals surface area (Å²) in [5.41, 5.74) is 0. The van der Waals surface area contributed by atoms with Crippen LogP contribution in [-0.2, 0) is 19.1 Å². The first-order valence-corrected chi connectivity index (χ1v) is 9.84. The van der Waals surface area contributed by atoms with E-state index >= 15 is 0 Å². The second-order valence-electron chi connectivity index (χ2n) is 6.44. The van der Waals surface area contributed by atoms with Crippen LogP contribution < -0.4 is 21.3 Å². The van der Waals surface area contributed by atoms with E-state index in [0.29, 0.717) is 32.7 Å². The van der Waals surface area contributed by atoms with Crippen molar-refractivity contribution >= 4 is 24.0 Å². The standard InChI is InChI=1S/C18H32N4O6/c1-3-27-17(25)21-10-8-19-15(23)13-6-5-7-14(12-13)16(24)20-9-11-22-18(26)28-4-2/h13-14H,3-12H2,1-2H3,(H,19,23)(H,20,24)(H,21,25)(H,22,26). The third-order valence-electron chi connectivity index (χ3n) is 4.35. The number of nitrogens with one attached hydrogen (secondary N) is 4. The molecule has 0 aliphatic heterocycles. The molecule has 1 saturated carbocycles. The van der Waals surface area contributed by atoms with Gasteiger partial charge in [-0.25, -0.2) is 9.59 Å². The van der Waals surface area contributed by atoms with Crippen LogP contribution in [0.1, 0.15) is 39.5 Å². The van der Waals surface area contributed by atoms with Gasteiger partial charge in [-0.2, -0.15) is 0 Å². The topological polar surface area (TPSA) is 135 Å². The van der Waals surface area contributed by atoms with Crippen LogP contribution in [0, 0.1) is 11.8 Å². The normalized spacial score (nSPS) is 18.5. The Kier molecular flexibility index (Phi) is 11.4. The van der Waals surface area contributed by atoms with Crippen molar-refractivity contribution in [3.63, 3.8) is 0 Å². The molecule has 10 heteroatoms. The number of hydrogen-bond acceptors (Lipinski definition) is 6. The first kappa shape index (κ1) is 23.5. The summed E-state index contributed by atoms with van der Waals surface area (Å²) >= 11 is 0. The summed E-state index contributed by atoms with van der Waals surface area (Å²) in [4.78, 5) is 46.9. The molecule has 1 aliphatic carbocycles. The molecule has 0 saturated heterocycles. The van der Waals surface area contributed by atoms with Crippen molar-refractivity contribution in [2.45, 2.75) is 39.5 Å². The number of alkyl carbamates (subject to hydrolysis) is 2. The van der Waals surface area contributed by atoms with Gasteiger partial charge in [0, 0.05) is 38.0 Å². The number of amides is 4. The van der Waals surface area contributed by atoms with Crippen molar-refractivity contribution in [1.29, 1.82) is 0 Å². The molecule has 0 bridgehead atoms. The van der Waals surface area contributed by atoms with Crippen molar-refractivity contribution in [3.8, 4) is 0 Å². The molecule has 0 radical (unpaired) electrons. The zero-order chi connectivity index (χ0) is 20.8. The average molecular weight is 400 g/mol. The van der Waals surface area contributed by atoms with Crippen molar-refractivity contribution in [3.05, 3.63) is 0 Å². The molecule has 4 N–H and O–H groups in total. The van der Waals surface area contributed by atoms with Crippen LogP contribution in [0.15, 0.2) is 0 Å². The van der Waals surface area contributed by atoms with E-state index in [9.17, 15) is 19.2 Å². The van der Waals surface area contributed by atoms with Gasteiger partial charge in [-0.15, -0.1) is 0 Å².